The predicted molar refractivity (Wildman–Crippen MR) is 76.5 cm³/mol. The number of likely N-dealkylation sites (N-methyl/N-ethyl adjacent to an activating group) is 1. The van der Waals surface area contributed by atoms with E-state index in [0.29, 0.717) is 30.0 Å². The molecule has 1 saturated heterocycles. The van der Waals surface area contributed by atoms with Crippen molar-refractivity contribution in [2.45, 2.75) is 29.7 Å². The maximum absolute atomic E-state index is 12.7. The second-order valence-electron chi connectivity index (χ2n) is 5.31. The van der Waals surface area contributed by atoms with Crippen LogP contribution >= 0.6 is 11.3 Å². The molecule has 0 saturated carbocycles. The van der Waals surface area contributed by atoms with Gasteiger partial charge in [-0.25, -0.2) is 8.42 Å². The minimum atomic E-state index is -3.74. The lowest BCUT2D eigenvalue weighted by Crippen LogP contribution is -2.41. The average molecular weight is 321 g/mol. The Hall–Kier alpha value is -0.740. The highest BCUT2D eigenvalue weighted by Crippen LogP contribution is 2.29. The number of H-pyrrole nitrogens is 1. The molecule has 1 aliphatic heterocycles. The van der Waals surface area contributed by atoms with E-state index in [0.717, 1.165) is 0 Å². The van der Waals surface area contributed by atoms with Gasteiger partial charge in [0.1, 0.15) is 0 Å². The number of hydrogen-bond donors (Lipinski definition) is 2. The Bertz CT molecular complexity index is 634. The van der Waals surface area contributed by atoms with Gasteiger partial charge in [-0.3, -0.25) is 4.79 Å². The fourth-order valence-electron chi connectivity index (χ4n) is 2.49. The summed E-state index contributed by atoms with van der Waals surface area (Å²) >= 11 is 0.694. The van der Waals surface area contributed by atoms with Gasteiger partial charge in [-0.1, -0.05) is 11.3 Å². The standard InChI is InChI=1S/C11H19N3O4S2/c1-7-10(19-11(16)12-7)20(17,18)14-6-9(15)4-8(14)5-13(2)3/h8-9,15H,4-6H2,1-3H3,(H,12,16). The molecule has 2 heterocycles. The third-order valence-corrected chi connectivity index (χ3v) is 6.74. The zero-order chi connectivity index (χ0) is 15.1. The van der Waals surface area contributed by atoms with Gasteiger partial charge in [0.15, 0.2) is 4.21 Å². The zero-order valence-electron chi connectivity index (χ0n) is 11.7. The molecule has 7 nitrogen and oxygen atoms in total. The van der Waals surface area contributed by atoms with Gasteiger partial charge in [0, 0.05) is 24.8 Å². The minimum absolute atomic E-state index is 0.0420. The molecule has 1 fully saturated rings. The van der Waals surface area contributed by atoms with Crippen LogP contribution in [0.5, 0.6) is 0 Å². The summed E-state index contributed by atoms with van der Waals surface area (Å²) in [6.45, 7) is 2.18. The number of rotatable bonds is 4. The van der Waals surface area contributed by atoms with Crippen molar-refractivity contribution in [3.63, 3.8) is 0 Å². The second kappa shape index (κ2) is 5.57. The quantitative estimate of drug-likeness (QED) is 0.775. The normalized spacial score (nSPS) is 24.6. The number of nitrogens with zero attached hydrogens (tertiary/aromatic N) is 2. The van der Waals surface area contributed by atoms with E-state index in [9.17, 15) is 18.3 Å². The molecule has 0 aromatic carbocycles. The van der Waals surface area contributed by atoms with Gasteiger partial charge in [0.25, 0.3) is 10.0 Å². The SMILES string of the molecule is Cc1[nH]c(=O)sc1S(=O)(=O)N1CC(O)CC1CN(C)C. The Morgan fingerprint density at radius 1 is 1.50 bits per heavy atom. The molecule has 0 radical (unpaired) electrons. The topological polar surface area (TPSA) is 93.7 Å². The number of aliphatic hydroxyl groups excluding tert-OH is 1. The molecular weight excluding hydrogens is 302 g/mol. The molecule has 114 valence electrons. The average Bonchev–Trinajstić information content (AvgIpc) is 2.81. The molecule has 2 N–H and O–H groups in total. The zero-order valence-corrected chi connectivity index (χ0v) is 13.3. The van der Waals surface area contributed by atoms with Crippen LogP contribution in [0, 0.1) is 6.92 Å². The number of sulfonamides is 1. The summed E-state index contributed by atoms with van der Waals surface area (Å²) in [5.74, 6) is 0. The number of aryl methyl sites for hydroxylation is 1. The van der Waals surface area contributed by atoms with Crippen molar-refractivity contribution in [3.8, 4) is 0 Å². The van der Waals surface area contributed by atoms with E-state index in [2.05, 4.69) is 4.98 Å². The lowest BCUT2D eigenvalue weighted by atomic mass is 10.2. The van der Waals surface area contributed by atoms with E-state index in [1.54, 1.807) is 6.92 Å². The number of aromatic amines is 1. The van der Waals surface area contributed by atoms with Crippen molar-refractivity contribution in [1.29, 1.82) is 0 Å². The van der Waals surface area contributed by atoms with Crippen LogP contribution in [-0.2, 0) is 10.0 Å². The van der Waals surface area contributed by atoms with Crippen LogP contribution in [-0.4, -0.2) is 67.0 Å². The first-order valence-corrected chi connectivity index (χ1v) is 8.52. The van der Waals surface area contributed by atoms with Crippen LogP contribution in [0.15, 0.2) is 9.00 Å². The first kappa shape index (κ1) is 15.6. The van der Waals surface area contributed by atoms with Gasteiger partial charge < -0.3 is 15.0 Å². The highest BCUT2D eigenvalue weighted by Gasteiger charge is 2.41. The van der Waals surface area contributed by atoms with E-state index >= 15 is 0 Å². The maximum Gasteiger partial charge on any atom is 0.305 e. The molecule has 0 bridgehead atoms. The molecule has 0 aliphatic carbocycles. The van der Waals surface area contributed by atoms with Crippen LogP contribution in [0.2, 0.25) is 0 Å². The number of nitrogens with one attached hydrogen (secondary N) is 1. The van der Waals surface area contributed by atoms with Crippen LogP contribution < -0.4 is 4.87 Å². The summed E-state index contributed by atoms with van der Waals surface area (Å²) < 4.78 is 26.7. The Kier molecular flexibility index (Phi) is 4.35. The van der Waals surface area contributed by atoms with Crippen molar-refractivity contribution < 1.29 is 13.5 Å². The molecule has 2 unspecified atom stereocenters. The number of thiazole rings is 1. The Balaban J connectivity index is 2.37. The number of β-amino-alcohol motifs (C(OH)–C–C–N with tert-alkyl or cyclic N) is 1. The first-order valence-electron chi connectivity index (χ1n) is 6.26. The van der Waals surface area contributed by atoms with E-state index in [4.69, 9.17) is 0 Å². The van der Waals surface area contributed by atoms with Crippen molar-refractivity contribution in [2.75, 3.05) is 27.2 Å². The van der Waals surface area contributed by atoms with Gasteiger partial charge in [0.05, 0.1) is 6.10 Å². The summed E-state index contributed by atoms with van der Waals surface area (Å²) in [6, 6.07) is -0.276. The smallest absolute Gasteiger partial charge is 0.305 e. The molecule has 9 heteroatoms. The summed E-state index contributed by atoms with van der Waals surface area (Å²) in [5, 5.41) is 9.78. The largest absolute Gasteiger partial charge is 0.392 e. The maximum atomic E-state index is 12.7. The number of hydrogen-bond acceptors (Lipinski definition) is 6. The molecule has 2 atom stereocenters. The molecule has 0 amide bonds. The van der Waals surface area contributed by atoms with Gasteiger partial charge in [-0.15, -0.1) is 0 Å². The van der Waals surface area contributed by atoms with Crippen LogP contribution in [0.3, 0.4) is 0 Å². The van der Waals surface area contributed by atoms with Gasteiger partial charge in [-0.05, 0) is 27.4 Å². The van der Waals surface area contributed by atoms with Crippen LogP contribution in [0.4, 0.5) is 0 Å². The van der Waals surface area contributed by atoms with E-state index in [-0.39, 0.29) is 21.7 Å². The third kappa shape index (κ3) is 2.96. The highest BCUT2D eigenvalue weighted by molar-refractivity contribution is 7.91. The van der Waals surface area contributed by atoms with Crippen molar-refractivity contribution in [2.24, 2.45) is 0 Å². The summed E-state index contributed by atoms with van der Waals surface area (Å²) in [7, 11) is -0.0292. The van der Waals surface area contributed by atoms with E-state index < -0.39 is 16.1 Å². The summed E-state index contributed by atoms with van der Waals surface area (Å²) in [4.78, 5) is 15.3. The van der Waals surface area contributed by atoms with E-state index in [1.807, 2.05) is 19.0 Å². The first-order chi connectivity index (χ1) is 9.21. The van der Waals surface area contributed by atoms with Crippen molar-refractivity contribution in [1.82, 2.24) is 14.2 Å². The number of aromatic nitrogens is 1. The molecule has 1 aliphatic rings. The van der Waals surface area contributed by atoms with Gasteiger partial charge in [-0.2, -0.15) is 4.31 Å². The van der Waals surface area contributed by atoms with Crippen molar-refractivity contribution in [3.05, 3.63) is 15.4 Å². The molecule has 20 heavy (non-hydrogen) atoms. The Morgan fingerprint density at radius 2 is 2.15 bits per heavy atom. The van der Waals surface area contributed by atoms with Gasteiger partial charge in [0.2, 0.25) is 0 Å². The summed E-state index contributed by atoms with van der Waals surface area (Å²) in [6.07, 6.45) is -0.249. The van der Waals surface area contributed by atoms with Gasteiger partial charge >= 0.3 is 4.87 Å². The molecule has 1 aromatic rings. The Morgan fingerprint density at radius 3 is 2.65 bits per heavy atom. The monoisotopic (exact) mass is 321 g/mol. The number of aliphatic hydroxyl groups is 1. The third-order valence-electron chi connectivity index (χ3n) is 3.24. The van der Waals surface area contributed by atoms with Crippen LogP contribution in [0.25, 0.3) is 0 Å². The fraction of sp³-hybridized carbons (Fsp3) is 0.727. The second-order valence-corrected chi connectivity index (χ2v) is 8.38. The van der Waals surface area contributed by atoms with Crippen molar-refractivity contribution >= 4 is 21.4 Å². The Labute approximate surface area is 121 Å². The molecule has 2 rings (SSSR count). The predicted octanol–water partition coefficient (Wildman–Crippen LogP) is -0.570. The van der Waals surface area contributed by atoms with E-state index in [1.165, 1.54) is 4.31 Å². The lowest BCUT2D eigenvalue weighted by molar-refractivity contribution is 0.188. The minimum Gasteiger partial charge on any atom is -0.392 e. The lowest BCUT2D eigenvalue weighted by Gasteiger charge is -2.25. The highest BCUT2D eigenvalue weighted by atomic mass is 32.2. The fourth-order valence-corrected chi connectivity index (χ4v) is 5.56. The molecule has 1 aromatic heterocycles. The molecular formula is C11H19N3O4S2. The summed E-state index contributed by atoms with van der Waals surface area (Å²) in [5.41, 5.74) is 0.352. The molecule has 0 spiro atoms. The van der Waals surface area contributed by atoms with Crippen LogP contribution in [0.1, 0.15) is 12.1 Å².